The molecule has 0 spiro atoms. The fourth-order valence-electron chi connectivity index (χ4n) is 2.65. The Bertz CT molecular complexity index is 1260. The summed E-state index contributed by atoms with van der Waals surface area (Å²) in [5, 5.41) is 13.6. The highest BCUT2D eigenvalue weighted by Crippen LogP contribution is 2.31. The first-order chi connectivity index (χ1) is 15.3. The Hall–Kier alpha value is -2.20. The number of halogens is 5. The number of hydrogen-bond acceptors (Lipinski definition) is 3. The number of nitriles is 1. The van der Waals surface area contributed by atoms with Gasteiger partial charge in [0.1, 0.15) is 24.0 Å². The smallest absolute Gasteiger partial charge is 0.266 e. The molecule has 32 heavy (non-hydrogen) atoms. The molecular formula is C23H13BrCl4N2O2. The summed E-state index contributed by atoms with van der Waals surface area (Å²) < 4.78 is 6.65. The molecule has 0 aromatic heterocycles. The number of anilines is 1. The van der Waals surface area contributed by atoms with Crippen LogP contribution in [0.1, 0.15) is 11.1 Å². The molecule has 162 valence electrons. The first-order valence-electron chi connectivity index (χ1n) is 9.02. The minimum Gasteiger partial charge on any atom is -0.488 e. The van der Waals surface area contributed by atoms with Crippen molar-refractivity contribution in [1.29, 1.82) is 5.26 Å². The van der Waals surface area contributed by atoms with Gasteiger partial charge >= 0.3 is 0 Å². The van der Waals surface area contributed by atoms with Crippen molar-refractivity contribution in [2.24, 2.45) is 0 Å². The maximum atomic E-state index is 12.7. The van der Waals surface area contributed by atoms with Gasteiger partial charge in [-0.25, -0.2) is 0 Å². The Morgan fingerprint density at radius 1 is 1.06 bits per heavy atom. The standard InChI is InChI=1S/C23H13BrCl4N2O2/c24-16-5-7-21(32-12-13-4-6-17(25)10-19(13)27)14(9-16)8-15(11-29)23(31)30-20-3-1-2-18(26)22(20)28/h1-10H,12H2,(H,30,31)/b15-8-. The van der Waals surface area contributed by atoms with Gasteiger partial charge in [-0.3, -0.25) is 4.79 Å². The van der Waals surface area contributed by atoms with Crippen LogP contribution in [0.5, 0.6) is 5.75 Å². The molecular weight excluding hydrogens is 558 g/mol. The van der Waals surface area contributed by atoms with Crippen molar-refractivity contribution in [2.75, 3.05) is 5.32 Å². The second kappa shape index (κ2) is 11.1. The number of amides is 1. The molecule has 0 aliphatic carbocycles. The Morgan fingerprint density at radius 2 is 1.84 bits per heavy atom. The lowest BCUT2D eigenvalue weighted by molar-refractivity contribution is -0.112. The van der Waals surface area contributed by atoms with Crippen molar-refractivity contribution >= 4 is 80.0 Å². The summed E-state index contributed by atoms with van der Waals surface area (Å²) in [4.78, 5) is 12.7. The van der Waals surface area contributed by atoms with Crippen LogP contribution >= 0.6 is 62.3 Å². The molecule has 4 nitrogen and oxygen atoms in total. The number of nitrogens with zero attached hydrogens (tertiary/aromatic N) is 1. The van der Waals surface area contributed by atoms with Gasteiger partial charge in [-0.05, 0) is 48.5 Å². The molecule has 0 atom stereocenters. The summed E-state index contributed by atoms with van der Waals surface area (Å²) >= 11 is 27.6. The van der Waals surface area contributed by atoms with Crippen molar-refractivity contribution in [2.45, 2.75) is 6.61 Å². The van der Waals surface area contributed by atoms with Crippen LogP contribution in [0.2, 0.25) is 20.1 Å². The van der Waals surface area contributed by atoms with Gasteiger partial charge in [0.25, 0.3) is 5.91 Å². The first-order valence-corrected chi connectivity index (χ1v) is 11.3. The van der Waals surface area contributed by atoms with Crippen molar-refractivity contribution < 1.29 is 9.53 Å². The number of carbonyl (C=O) groups is 1. The van der Waals surface area contributed by atoms with E-state index in [2.05, 4.69) is 21.2 Å². The predicted octanol–water partition coefficient (Wildman–Crippen LogP) is 8.19. The molecule has 0 aliphatic rings. The number of rotatable bonds is 6. The molecule has 0 unspecified atom stereocenters. The summed E-state index contributed by atoms with van der Waals surface area (Å²) in [5.74, 6) is -0.177. The quantitative estimate of drug-likeness (QED) is 0.240. The van der Waals surface area contributed by atoms with Crippen molar-refractivity contribution in [3.8, 4) is 11.8 Å². The van der Waals surface area contributed by atoms with Gasteiger partial charge < -0.3 is 10.1 Å². The monoisotopic (exact) mass is 568 g/mol. The summed E-state index contributed by atoms with van der Waals surface area (Å²) in [6.45, 7) is 0.171. The molecule has 0 aliphatic heterocycles. The van der Waals surface area contributed by atoms with Gasteiger partial charge in [0.05, 0.1) is 15.7 Å². The zero-order valence-electron chi connectivity index (χ0n) is 16.1. The summed E-state index contributed by atoms with van der Waals surface area (Å²) in [6.07, 6.45) is 1.43. The molecule has 0 bridgehead atoms. The van der Waals surface area contributed by atoms with E-state index in [4.69, 9.17) is 51.1 Å². The average molecular weight is 571 g/mol. The van der Waals surface area contributed by atoms with Crippen molar-refractivity contribution in [3.63, 3.8) is 0 Å². The minimum atomic E-state index is -0.636. The second-order valence-electron chi connectivity index (χ2n) is 6.43. The third-order valence-electron chi connectivity index (χ3n) is 4.23. The number of hydrogen-bond donors (Lipinski definition) is 1. The van der Waals surface area contributed by atoms with Gasteiger partial charge in [0.2, 0.25) is 0 Å². The second-order valence-corrected chi connectivity index (χ2v) is 8.98. The first kappa shape index (κ1) is 24.4. The molecule has 3 aromatic rings. The topological polar surface area (TPSA) is 62.1 Å². The molecule has 1 amide bonds. The lowest BCUT2D eigenvalue weighted by atomic mass is 10.1. The SMILES string of the molecule is N#C/C(=C/c1cc(Br)ccc1OCc1ccc(Cl)cc1Cl)C(=O)Nc1cccc(Cl)c1Cl. The molecule has 3 rings (SSSR count). The van der Waals surface area contributed by atoms with E-state index in [9.17, 15) is 10.1 Å². The predicted molar refractivity (Wildman–Crippen MR) is 134 cm³/mol. The van der Waals surface area contributed by atoms with Crippen molar-refractivity contribution in [3.05, 3.63) is 95.9 Å². The van der Waals surface area contributed by atoms with Crippen LogP contribution in [0.15, 0.2) is 64.6 Å². The maximum absolute atomic E-state index is 12.7. The molecule has 1 N–H and O–H groups in total. The van der Waals surface area contributed by atoms with Crippen LogP contribution < -0.4 is 10.1 Å². The Kier molecular flexibility index (Phi) is 8.47. The highest BCUT2D eigenvalue weighted by atomic mass is 79.9. The minimum absolute atomic E-state index is 0.145. The molecule has 0 saturated heterocycles. The van der Waals surface area contributed by atoms with Gasteiger partial charge in [-0.15, -0.1) is 0 Å². The van der Waals surface area contributed by atoms with Crippen LogP contribution in [0.4, 0.5) is 5.69 Å². The van der Waals surface area contributed by atoms with Gasteiger partial charge in [-0.2, -0.15) is 5.26 Å². The Morgan fingerprint density at radius 3 is 2.56 bits per heavy atom. The van der Waals surface area contributed by atoms with E-state index in [0.29, 0.717) is 27.0 Å². The van der Waals surface area contributed by atoms with E-state index in [1.165, 1.54) is 6.08 Å². The number of benzene rings is 3. The third-order valence-corrected chi connectivity index (χ3v) is 6.13. The number of nitrogens with one attached hydrogen (secondary N) is 1. The highest BCUT2D eigenvalue weighted by Gasteiger charge is 2.14. The lowest BCUT2D eigenvalue weighted by Crippen LogP contribution is -2.14. The van der Waals surface area contributed by atoms with E-state index in [-0.39, 0.29) is 22.2 Å². The van der Waals surface area contributed by atoms with Crippen molar-refractivity contribution in [1.82, 2.24) is 0 Å². The zero-order chi connectivity index (χ0) is 23.3. The number of ether oxygens (including phenoxy) is 1. The Labute approximate surface area is 213 Å². The summed E-state index contributed by atoms with van der Waals surface area (Å²) in [5.41, 5.74) is 1.41. The average Bonchev–Trinajstić information content (AvgIpc) is 2.75. The van der Waals surface area contributed by atoms with E-state index in [0.717, 1.165) is 10.0 Å². The summed E-state index contributed by atoms with van der Waals surface area (Å²) in [6, 6.07) is 17.1. The molecule has 0 fully saturated rings. The highest BCUT2D eigenvalue weighted by molar-refractivity contribution is 9.10. The number of carbonyl (C=O) groups excluding carboxylic acids is 1. The zero-order valence-corrected chi connectivity index (χ0v) is 20.7. The van der Waals surface area contributed by atoms with Crippen LogP contribution in [0.3, 0.4) is 0 Å². The van der Waals surface area contributed by atoms with Crippen LogP contribution in [0.25, 0.3) is 6.08 Å². The van der Waals surface area contributed by atoms with E-state index < -0.39 is 5.91 Å². The fraction of sp³-hybridized carbons (Fsp3) is 0.0435. The molecule has 3 aromatic carbocycles. The lowest BCUT2D eigenvalue weighted by Gasteiger charge is -2.12. The van der Waals surface area contributed by atoms with Gasteiger partial charge in [-0.1, -0.05) is 74.5 Å². The Balaban J connectivity index is 1.86. The summed E-state index contributed by atoms with van der Waals surface area (Å²) in [7, 11) is 0. The van der Waals surface area contributed by atoms with Crippen LogP contribution in [0, 0.1) is 11.3 Å². The fourth-order valence-corrected chi connectivity index (χ4v) is 3.84. The van der Waals surface area contributed by atoms with E-state index >= 15 is 0 Å². The van der Waals surface area contributed by atoms with Crippen LogP contribution in [-0.4, -0.2) is 5.91 Å². The third kappa shape index (κ3) is 6.19. The normalized spacial score (nSPS) is 11.1. The van der Waals surface area contributed by atoms with Crippen LogP contribution in [-0.2, 0) is 11.4 Å². The molecule has 0 heterocycles. The molecule has 9 heteroatoms. The largest absolute Gasteiger partial charge is 0.488 e. The molecule has 0 radical (unpaired) electrons. The maximum Gasteiger partial charge on any atom is 0.266 e. The van der Waals surface area contributed by atoms with E-state index in [1.807, 2.05) is 6.07 Å². The van der Waals surface area contributed by atoms with Gasteiger partial charge in [0, 0.05) is 25.6 Å². The van der Waals surface area contributed by atoms with E-state index in [1.54, 1.807) is 54.6 Å². The van der Waals surface area contributed by atoms with Gasteiger partial charge in [0.15, 0.2) is 0 Å². The molecule has 0 saturated carbocycles.